The Bertz CT molecular complexity index is 415. The molecule has 0 spiro atoms. The van der Waals surface area contributed by atoms with Crippen LogP contribution in [0.25, 0.3) is 0 Å². The number of aliphatic hydroxyl groups excluding tert-OH is 1. The molecule has 0 heterocycles. The van der Waals surface area contributed by atoms with Crippen LogP contribution < -0.4 is 5.32 Å². The Morgan fingerprint density at radius 3 is 2.28 bits per heavy atom. The second-order valence-corrected chi connectivity index (χ2v) is 4.87. The summed E-state index contributed by atoms with van der Waals surface area (Å²) >= 11 is 0. The molecule has 0 saturated carbocycles. The van der Waals surface area contributed by atoms with E-state index >= 15 is 0 Å². The van der Waals surface area contributed by atoms with Crippen molar-refractivity contribution in [2.45, 2.75) is 20.0 Å². The van der Waals surface area contributed by atoms with Gasteiger partial charge >= 0.3 is 6.18 Å². The number of aliphatic hydroxyl groups is 1. The van der Waals surface area contributed by atoms with E-state index in [2.05, 4.69) is 5.32 Å². The summed E-state index contributed by atoms with van der Waals surface area (Å²) in [6.07, 6.45) is -4.55. The molecule has 0 unspecified atom stereocenters. The zero-order valence-corrected chi connectivity index (χ0v) is 10.1. The van der Waals surface area contributed by atoms with Crippen LogP contribution in [0.2, 0.25) is 0 Å². The molecule has 0 bridgehead atoms. The van der Waals surface area contributed by atoms with Crippen molar-refractivity contribution in [3.8, 4) is 0 Å². The molecular formula is C12H15F4NO. The average Bonchev–Trinajstić information content (AvgIpc) is 2.26. The first-order chi connectivity index (χ1) is 8.15. The fourth-order valence-corrected chi connectivity index (χ4v) is 1.23. The molecule has 0 atom stereocenters. The predicted octanol–water partition coefficient (Wildman–Crippen LogP) is 3.27. The van der Waals surface area contributed by atoms with E-state index in [1.165, 1.54) is 0 Å². The van der Waals surface area contributed by atoms with Crippen LogP contribution in [0.15, 0.2) is 18.2 Å². The third-order valence-corrected chi connectivity index (χ3v) is 2.48. The Hall–Kier alpha value is -1.30. The summed E-state index contributed by atoms with van der Waals surface area (Å²) in [5.74, 6) is -0.960. The average molecular weight is 265 g/mol. The summed E-state index contributed by atoms with van der Waals surface area (Å²) in [5, 5.41) is 11.7. The van der Waals surface area contributed by atoms with Gasteiger partial charge in [0.05, 0.1) is 11.3 Å². The van der Waals surface area contributed by atoms with Gasteiger partial charge in [-0.25, -0.2) is 4.39 Å². The number of rotatable bonds is 4. The maximum Gasteiger partial charge on any atom is 0.416 e. The maximum absolute atomic E-state index is 13.4. The lowest BCUT2D eigenvalue weighted by atomic mass is 9.95. The highest BCUT2D eigenvalue weighted by atomic mass is 19.4. The van der Waals surface area contributed by atoms with Crippen LogP contribution in [0.3, 0.4) is 0 Å². The lowest BCUT2D eigenvalue weighted by molar-refractivity contribution is -0.137. The van der Waals surface area contributed by atoms with Gasteiger partial charge in [-0.15, -0.1) is 0 Å². The molecule has 0 aromatic heterocycles. The topological polar surface area (TPSA) is 32.3 Å². The molecule has 0 amide bonds. The second kappa shape index (κ2) is 5.14. The van der Waals surface area contributed by atoms with Gasteiger partial charge in [-0.2, -0.15) is 13.2 Å². The molecule has 2 nitrogen and oxygen atoms in total. The SMILES string of the molecule is CC(C)(CO)CNc1ccc(C(F)(F)F)cc1F. The van der Waals surface area contributed by atoms with Crippen LogP contribution >= 0.6 is 0 Å². The van der Waals surface area contributed by atoms with Crippen molar-refractivity contribution in [3.63, 3.8) is 0 Å². The highest BCUT2D eigenvalue weighted by molar-refractivity contribution is 5.47. The fraction of sp³-hybridized carbons (Fsp3) is 0.500. The van der Waals surface area contributed by atoms with E-state index in [4.69, 9.17) is 5.11 Å². The van der Waals surface area contributed by atoms with Gasteiger partial charge in [-0.1, -0.05) is 13.8 Å². The third-order valence-electron chi connectivity index (χ3n) is 2.48. The van der Waals surface area contributed by atoms with Gasteiger partial charge in [0, 0.05) is 18.6 Å². The molecule has 102 valence electrons. The monoisotopic (exact) mass is 265 g/mol. The molecule has 0 radical (unpaired) electrons. The number of nitrogens with one attached hydrogen (secondary N) is 1. The van der Waals surface area contributed by atoms with E-state index in [1.54, 1.807) is 13.8 Å². The zero-order chi connectivity index (χ0) is 14.0. The van der Waals surface area contributed by atoms with Gasteiger partial charge in [0.2, 0.25) is 0 Å². The zero-order valence-electron chi connectivity index (χ0n) is 10.1. The van der Waals surface area contributed by atoms with Gasteiger partial charge in [0.15, 0.2) is 0 Å². The van der Waals surface area contributed by atoms with E-state index in [0.29, 0.717) is 6.07 Å². The van der Waals surface area contributed by atoms with Gasteiger partial charge < -0.3 is 10.4 Å². The van der Waals surface area contributed by atoms with Crippen molar-refractivity contribution in [1.82, 2.24) is 0 Å². The van der Waals surface area contributed by atoms with Crippen molar-refractivity contribution < 1.29 is 22.7 Å². The second-order valence-electron chi connectivity index (χ2n) is 4.87. The van der Waals surface area contributed by atoms with Crippen LogP contribution in [-0.4, -0.2) is 18.3 Å². The molecule has 0 aliphatic carbocycles. The Morgan fingerprint density at radius 1 is 1.22 bits per heavy atom. The van der Waals surface area contributed by atoms with E-state index in [9.17, 15) is 17.6 Å². The van der Waals surface area contributed by atoms with Crippen LogP contribution in [0.5, 0.6) is 0 Å². The quantitative estimate of drug-likeness (QED) is 0.819. The Labute approximate surface area is 103 Å². The van der Waals surface area contributed by atoms with Crippen LogP contribution in [0, 0.1) is 11.2 Å². The standard InChI is InChI=1S/C12H15F4NO/c1-11(2,7-18)6-17-10-4-3-8(5-9(10)13)12(14,15)16/h3-5,17-18H,6-7H2,1-2H3. The first kappa shape index (κ1) is 14.8. The van der Waals surface area contributed by atoms with Gasteiger partial charge in [-0.3, -0.25) is 0 Å². The molecule has 0 aliphatic rings. The summed E-state index contributed by atoms with van der Waals surface area (Å²) in [4.78, 5) is 0. The lowest BCUT2D eigenvalue weighted by Gasteiger charge is -2.23. The lowest BCUT2D eigenvalue weighted by Crippen LogP contribution is -2.27. The van der Waals surface area contributed by atoms with Crippen molar-refractivity contribution in [3.05, 3.63) is 29.6 Å². The highest BCUT2D eigenvalue weighted by Gasteiger charge is 2.31. The minimum absolute atomic E-state index is 0.00970. The number of benzene rings is 1. The molecule has 18 heavy (non-hydrogen) atoms. The molecule has 2 N–H and O–H groups in total. The van der Waals surface area contributed by atoms with Gasteiger partial charge in [-0.05, 0) is 18.2 Å². The van der Waals surface area contributed by atoms with Crippen molar-refractivity contribution in [2.75, 3.05) is 18.5 Å². The summed E-state index contributed by atoms with van der Waals surface area (Å²) in [5.41, 5.74) is -1.51. The van der Waals surface area contributed by atoms with E-state index in [1.807, 2.05) is 0 Å². The number of halogens is 4. The van der Waals surface area contributed by atoms with E-state index in [0.717, 1.165) is 12.1 Å². The number of anilines is 1. The maximum atomic E-state index is 13.4. The molecule has 0 fully saturated rings. The van der Waals surface area contributed by atoms with Crippen molar-refractivity contribution in [1.29, 1.82) is 0 Å². The van der Waals surface area contributed by atoms with Crippen LogP contribution in [0.4, 0.5) is 23.2 Å². The Kier molecular flexibility index (Phi) is 4.21. The minimum Gasteiger partial charge on any atom is -0.396 e. The first-order valence-electron chi connectivity index (χ1n) is 5.37. The van der Waals surface area contributed by atoms with Crippen molar-refractivity contribution >= 4 is 5.69 Å². The van der Waals surface area contributed by atoms with Crippen LogP contribution in [-0.2, 0) is 6.18 Å². The molecule has 1 aromatic carbocycles. The Morgan fingerprint density at radius 2 is 1.83 bits per heavy atom. The smallest absolute Gasteiger partial charge is 0.396 e. The normalized spacial score (nSPS) is 12.6. The molecule has 0 saturated heterocycles. The summed E-state index contributed by atoms with van der Waals surface area (Å²) in [7, 11) is 0. The molecule has 1 aromatic rings. The predicted molar refractivity (Wildman–Crippen MR) is 60.8 cm³/mol. The van der Waals surface area contributed by atoms with Gasteiger partial charge in [0.1, 0.15) is 5.82 Å². The Balaban J connectivity index is 2.81. The molecular weight excluding hydrogens is 250 g/mol. The minimum atomic E-state index is -4.55. The molecule has 0 aliphatic heterocycles. The summed E-state index contributed by atoms with van der Waals surface area (Å²) in [6.45, 7) is 3.65. The van der Waals surface area contributed by atoms with E-state index < -0.39 is 23.0 Å². The number of hydrogen-bond donors (Lipinski definition) is 2. The number of alkyl halides is 3. The summed E-state index contributed by atoms with van der Waals surface area (Å²) in [6, 6.07) is 2.32. The molecule has 6 heteroatoms. The largest absolute Gasteiger partial charge is 0.416 e. The van der Waals surface area contributed by atoms with Crippen LogP contribution in [0.1, 0.15) is 19.4 Å². The van der Waals surface area contributed by atoms with E-state index in [-0.39, 0.29) is 18.8 Å². The number of hydrogen-bond acceptors (Lipinski definition) is 2. The first-order valence-corrected chi connectivity index (χ1v) is 5.37. The third kappa shape index (κ3) is 3.87. The fourth-order valence-electron chi connectivity index (χ4n) is 1.23. The summed E-state index contributed by atoms with van der Waals surface area (Å²) < 4.78 is 50.4. The van der Waals surface area contributed by atoms with Crippen molar-refractivity contribution in [2.24, 2.45) is 5.41 Å². The van der Waals surface area contributed by atoms with Gasteiger partial charge in [0.25, 0.3) is 0 Å². The highest BCUT2D eigenvalue weighted by Crippen LogP contribution is 2.31. The molecule has 1 rings (SSSR count).